The van der Waals surface area contributed by atoms with Crippen LogP contribution in [0.3, 0.4) is 0 Å². The summed E-state index contributed by atoms with van der Waals surface area (Å²) in [6.45, 7) is 1.20. The van der Waals surface area contributed by atoms with Crippen LogP contribution in [0.5, 0.6) is 0 Å². The molecule has 0 saturated heterocycles. The van der Waals surface area contributed by atoms with Gasteiger partial charge >= 0.3 is 5.69 Å². The number of nitrogens with one attached hydrogen (secondary N) is 1. The van der Waals surface area contributed by atoms with E-state index in [1.807, 2.05) is 0 Å². The summed E-state index contributed by atoms with van der Waals surface area (Å²) < 4.78 is 0. The van der Waals surface area contributed by atoms with E-state index in [-0.39, 0.29) is 5.69 Å². The molecule has 0 radical (unpaired) electrons. The van der Waals surface area contributed by atoms with Gasteiger partial charge in [0.15, 0.2) is 0 Å². The van der Waals surface area contributed by atoms with Gasteiger partial charge in [-0.25, -0.2) is 0 Å². The lowest BCUT2D eigenvalue weighted by Crippen LogP contribution is -2.44. The maximum Gasteiger partial charge on any atom is 0.301 e. The number of nitro benzene ring substituents is 2. The fourth-order valence-electron chi connectivity index (χ4n) is 1.64. The highest BCUT2D eigenvalue weighted by atomic mass is 16.6. The monoisotopic (exact) mass is 344 g/mol. The summed E-state index contributed by atoms with van der Waals surface area (Å²) in [5.74, 6) is 0. The number of nitro groups is 2. The van der Waals surface area contributed by atoms with Crippen molar-refractivity contribution in [3.63, 3.8) is 0 Å². The van der Waals surface area contributed by atoms with Crippen LogP contribution in [0.1, 0.15) is 6.92 Å². The van der Waals surface area contributed by atoms with Gasteiger partial charge in [-0.15, -0.1) is 0 Å². The molecule has 4 atom stereocenters. The molecule has 1 aromatic carbocycles. The summed E-state index contributed by atoms with van der Waals surface area (Å²) in [6, 6.07) is 2.81. The first-order chi connectivity index (χ1) is 11.1. The molecule has 0 unspecified atom stereocenters. The Morgan fingerprint density at radius 2 is 1.75 bits per heavy atom. The van der Waals surface area contributed by atoms with Crippen LogP contribution in [-0.4, -0.2) is 60.9 Å². The Morgan fingerprint density at radius 1 is 1.12 bits per heavy atom. The van der Waals surface area contributed by atoms with Crippen molar-refractivity contribution in [3.8, 4) is 0 Å². The molecule has 0 amide bonds. The molecule has 0 spiro atoms. The second-order valence-electron chi connectivity index (χ2n) is 4.82. The van der Waals surface area contributed by atoms with Gasteiger partial charge in [-0.05, 0) is 13.0 Å². The molecular weight excluding hydrogens is 328 g/mol. The van der Waals surface area contributed by atoms with Gasteiger partial charge in [0.2, 0.25) is 0 Å². The highest BCUT2D eigenvalue weighted by molar-refractivity contribution is 5.69. The van der Waals surface area contributed by atoms with Gasteiger partial charge in [0.05, 0.1) is 28.2 Å². The average molecular weight is 344 g/mol. The van der Waals surface area contributed by atoms with Crippen LogP contribution in [0.25, 0.3) is 0 Å². The molecule has 0 aliphatic rings. The number of nitrogens with zero attached hydrogens (tertiary/aromatic N) is 3. The fraction of sp³-hybridized carbons (Fsp3) is 0.417. The Bertz CT molecular complexity index is 635. The minimum absolute atomic E-state index is 0.181. The third kappa shape index (κ3) is 4.92. The first-order valence-electron chi connectivity index (χ1n) is 6.59. The summed E-state index contributed by atoms with van der Waals surface area (Å²) in [5, 5.41) is 62.6. The molecule has 12 nitrogen and oxygen atoms in total. The highest BCUT2D eigenvalue weighted by Crippen LogP contribution is 2.28. The third-order valence-electron chi connectivity index (χ3n) is 3.00. The number of aliphatic hydroxyl groups is 4. The Balaban J connectivity index is 2.86. The van der Waals surface area contributed by atoms with Gasteiger partial charge in [-0.2, -0.15) is 5.10 Å². The maximum atomic E-state index is 10.9. The highest BCUT2D eigenvalue weighted by Gasteiger charge is 2.27. The molecular formula is C12H16N4O8. The van der Waals surface area contributed by atoms with Gasteiger partial charge in [0.1, 0.15) is 24.0 Å². The van der Waals surface area contributed by atoms with E-state index in [1.54, 1.807) is 0 Å². The van der Waals surface area contributed by atoms with E-state index >= 15 is 0 Å². The molecule has 0 bridgehead atoms. The molecule has 0 saturated carbocycles. The summed E-state index contributed by atoms with van der Waals surface area (Å²) in [7, 11) is 0. The smallest absolute Gasteiger partial charge is 0.301 e. The van der Waals surface area contributed by atoms with E-state index in [1.165, 1.54) is 6.92 Å². The van der Waals surface area contributed by atoms with Crippen LogP contribution >= 0.6 is 0 Å². The van der Waals surface area contributed by atoms with Crippen LogP contribution in [0.2, 0.25) is 0 Å². The zero-order valence-corrected chi connectivity index (χ0v) is 12.4. The van der Waals surface area contributed by atoms with Crippen molar-refractivity contribution in [2.75, 3.05) is 5.43 Å². The SMILES string of the molecule is C[C@@H](O)[C@@H](O)[C@H](O)[C@H](O)/C=N\Nc1ccc([N+](=O)[O-])cc1[N+](=O)[O-]. The fourth-order valence-corrected chi connectivity index (χ4v) is 1.64. The topological polar surface area (TPSA) is 192 Å². The first kappa shape index (κ1) is 19.4. The Morgan fingerprint density at radius 3 is 2.25 bits per heavy atom. The van der Waals surface area contributed by atoms with Crippen LogP contribution in [0, 0.1) is 20.2 Å². The average Bonchev–Trinajstić information content (AvgIpc) is 2.52. The number of aliphatic hydroxyl groups excluding tert-OH is 4. The molecule has 0 heterocycles. The van der Waals surface area contributed by atoms with Crippen LogP contribution < -0.4 is 5.43 Å². The predicted molar refractivity (Wildman–Crippen MR) is 81.6 cm³/mol. The molecule has 1 rings (SSSR count). The third-order valence-corrected chi connectivity index (χ3v) is 3.00. The van der Waals surface area contributed by atoms with Gasteiger partial charge in [0, 0.05) is 6.07 Å². The van der Waals surface area contributed by atoms with Crippen molar-refractivity contribution < 1.29 is 30.3 Å². The quantitative estimate of drug-likeness (QED) is 0.232. The minimum atomic E-state index is -1.73. The first-order valence-corrected chi connectivity index (χ1v) is 6.59. The molecule has 5 N–H and O–H groups in total. The lowest BCUT2D eigenvalue weighted by molar-refractivity contribution is -0.393. The lowest BCUT2D eigenvalue weighted by Gasteiger charge is -2.22. The summed E-state index contributed by atoms with van der Waals surface area (Å²) >= 11 is 0. The van der Waals surface area contributed by atoms with Crippen LogP contribution in [0.4, 0.5) is 17.1 Å². The van der Waals surface area contributed by atoms with Gasteiger partial charge in [0.25, 0.3) is 5.69 Å². The molecule has 132 valence electrons. The zero-order valence-electron chi connectivity index (χ0n) is 12.4. The molecule has 24 heavy (non-hydrogen) atoms. The molecule has 12 heteroatoms. The molecule has 0 fully saturated rings. The van der Waals surface area contributed by atoms with Crippen molar-refractivity contribution in [2.45, 2.75) is 31.3 Å². The number of rotatable bonds is 8. The van der Waals surface area contributed by atoms with Crippen molar-refractivity contribution in [2.24, 2.45) is 5.10 Å². The molecule has 0 aromatic heterocycles. The van der Waals surface area contributed by atoms with Gasteiger partial charge < -0.3 is 20.4 Å². The minimum Gasteiger partial charge on any atom is -0.391 e. The summed E-state index contributed by atoms with van der Waals surface area (Å²) in [6.07, 6.45) is -5.57. The molecule has 1 aromatic rings. The Hall–Kier alpha value is -2.67. The Kier molecular flexibility index (Phi) is 6.67. The van der Waals surface area contributed by atoms with E-state index in [0.29, 0.717) is 0 Å². The van der Waals surface area contributed by atoms with E-state index in [4.69, 9.17) is 5.11 Å². The van der Waals surface area contributed by atoms with E-state index in [0.717, 1.165) is 24.4 Å². The van der Waals surface area contributed by atoms with Crippen molar-refractivity contribution >= 4 is 23.3 Å². The zero-order chi connectivity index (χ0) is 18.4. The number of hydrogen-bond donors (Lipinski definition) is 5. The number of benzene rings is 1. The standard InChI is InChI=1S/C12H16N4O8/c1-6(17)11(19)12(20)10(18)5-13-14-8-3-2-7(15(21)22)4-9(8)16(23)24/h2-6,10-12,14,17-20H,1H3/b13-5-/t6-,10-,11-,12-/m1/s1. The van der Waals surface area contributed by atoms with Crippen molar-refractivity contribution in [1.29, 1.82) is 0 Å². The second-order valence-corrected chi connectivity index (χ2v) is 4.82. The number of non-ortho nitro benzene ring substituents is 1. The summed E-state index contributed by atoms with van der Waals surface area (Å²) in [5.41, 5.74) is 0.933. The number of anilines is 1. The van der Waals surface area contributed by atoms with Crippen molar-refractivity contribution in [3.05, 3.63) is 38.4 Å². The predicted octanol–water partition coefficient (Wildman–Crippen LogP) is -0.636. The molecule has 0 aliphatic heterocycles. The van der Waals surface area contributed by atoms with Gasteiger partial charge in [-0.1, -0.05) is 0 Å². The maximum absolute atomic E-state index is 10.9. The lowest BCUT2D eigenvalue weighted by atomic mass is 10.1. The second kappa shape index (κ2) is 8.26. The summed E-state index contributed by atoms with van der Waals surface area (Å²) in [4.78, 5) is 19.9. The Labute approximate surface area is 135 Å². The number of hydrazone groups is 1. The van der Waals surface area contributed by atoms with Gasteiger partial charge in [-0.3, -0.25) is 25.7 Å². The number of hydrogen-bond acceptors (Lipinski definition) is 10. The largest absolute Gasteiger partial charge is 0.391 e. The van der Waals surface area contributed by atoms with Crippen LogP contribution in [-0.2, 0) is 0 Å². The molecule has 0 aliphatic carbocycles. The normalized spacial score (nSPS) is 16.4. The van der Waals surface area contributed by atoms with E-state index in [2.05, 4.69) is 10.5 Å². The van der Waals surface area contributed by atoms with Crippen molar-refractivity contribution in [1.82, 2.24) is 0 Å². The van der Waals surface area contributed by atoms with Crippen LogP contribution in [0.15, 0.2) is 23.3 Å². The van der Waals surface area contributed by atoms with E-state index in [9.17, 15) is 35.5 Å². The van der Waals surface area contributed by atoms with E-state index < -0.39 is 45.6 Å².